The number of benzene rings is 1. The average Bonchev–Trinajstić information content (AvgIpc) is 2.66. The number of hydrogen-bond donors (Lipinski definition) is 1. The van der Waals surface area contributed by atoms with Crippen LogP contribution in [-0.2, 0) is 0 Å². The molecule has 0 spiro atoms. The highest BCUT2D eigenvalue weighted by Crippen LogP contribution is 2.26. The van der Waals surface area contributed by atoms with Gasteiger partial charge in [-0.25, -0.2) is 0 Å². The number of hydrogen-bond acceptors (Lipinski definition) is 2. The Hall–Kier alpha value is -1.33. The van der Waals surface area contributed by atoms with Gasteiger partial charge in [-0.1, -0.05) is 11.6 Å². The highest BCUT2D eigenvalue weighted by Gasteiger charge is 2.17. The van der Waals surface area contributed by atoms with Gasteiger partial charge in [0, 0.05) is 15.5 Å². The predicted molar refractivity (Wildman–Crippen MR) is 89.2 cm³/mol. The zero-order chi connectivity index (χ0) is 15.7. The molecular formula is C15H17BrClN3O. The molecular weight excluding hydrogens is 354 g/mol. The van der Waals surface area contributed by atoms with E-state index in [9.17, 15) is 4.79 Å². The van der Waals surface area contributed by atoms with Crippen molar-refractivity contribution in [3.05, 3.63) is 44.6 Å². The SMILES string of the molecule is Cc1nn(C(C)C)c(C)c1NC(=O)c1ccc(Cl)cc1Br. The van der Waals surface area contributed by atoms with Crippen molar-refractivity contribution in [3.8, 4) is 0 Å². The zero-order valence-corrected chi connectivity index (χ0v) is 14.7. The number of amides is 1. The van der Waals surface area contributed by atoms with Crippen LogP contribution >= 0.6 is 27.5 Å². The molecule has 0 radical (unpaired) electrons. The number of carbonyl (C=O) groups is 1. The normalized spacial score (nSPS) is 11.0. The number of carbonyl (C=O) groups excluding carboxylic acids is 1. The first-order chi connectivity index (χ1) is 9.81. The molecule has 4 nitrogen and oxygen atoms in total. The van der Waals surface area contributed by atoms with Gasteiger partial charge in [0.05, 0.1) is 22.6 Å². The number of rotatable bonds is 3. The van der Waals surface area contributed by atoms with Crippen LogP contribution in [0.5, 0.6) is 0 Å². The lowest BCUT2D eigenvalue weighted by atomic mass is 10.2. The fraction of sp³-hybridized carbons (Fsp3) is 0.333. The minimum atomic E-state index is -0.187. The molecule has 0 saturated carbocycles. The minimum Gasteiger partial charge on any atom is -0.319 e. The summed E-state index contributed by atoms with van der Waals surface area (Å²) in [4.78, 5) is 12.4. The van der Waals surface area contributed by atoms with E-state index in [4.69, 9.17) is 11.6 Å². The molecule has 6 heteroatoms. The number of aromatic nitrogens is 2. The topological polar surface area (TPSA) is 46.9 Å². The Balaban J connectivity index is 2.32. The van der Waals surface area contributed by atoms with Gasteiger partial charge in [-0.15, -0.1) is 0 Å². The van der Waals surface area contributed by atoms with E-state index in [1.165, 1.54) is 0 Å². The van der Waals surface area contributed by atoms with Gasteiger partial charge in [-0.2, -0.15) is 5.10 Å². The Morgan fingerprint density at radius 1 is 1.38 bits per heavy atom. The minimum absolute atomic E-state index is 0.187. The van der Waals surface area contributed by atoms with Crippen LogP contribution in [0.15, 0.2) is 22.7 Å². The largest absolute Gasteiger partial charge is 0.319 e. The van der Waals surface area contributed by atoms with Gasteiger partial charge in [0.25, 0.3) is 5.91 Å². The maximum atomic E-state index is 12.4. The molecule has 0 unspecified atom stereocenters. The summed E-state index contributed by atoms with van der Waals surface area (Å²) in [6, 6.07) is 5.34. The molecule has 2 aromatic rings. The molecule has 0 aliphatic carbocycles. The monoisotopic (exact) mass is 369 g/mol. The van der Waals surface area contributed by atoms with Crippen molar-refractivity contribution >= 4 is 39.1 Å². The van der Waals surface area contributed by atoms with Crippen molar-refractivity contribution in [3.63, 3.8) is 0 Å². The van der Waals surface area contributed by atoms with E-state index in [0.717, 1.165) is 17.1 Å². The molecule has 112 valence electrons. The van der Waals surface area contributed by atoms with Crippen LogP contribution in [0.25, 0.3) is 0 Å². The van der Waals surface area contributed by atoms with E-state index < -0.39 is 0 Å². The maximum Gasteiger partial charge on any atom is 0.256 e. The van der Waals surface area contributed by atoms with Crippen LogP contribution in [0.3, 0.4) is 0 Å². The number of halogens is 2. The Labute approximate surface area is 137 Å². The van der Waals surface area contributed by atoms with E-state index >= 15 is 0 Å². The molecule has 0 fully saturated rings. The van der Waals surface area contributed by atoms with E-state index in [2.05, 4.69) is 40.2 Å². The quantitative estimate of drug-likeness (QED) is 0.847. The number of nitrogens with one attached hydrogen (secondary N) is 1. The summed E-state index contributed by atoms with van der Waals surface area (Å²) in [6.07, 6.45) is 0. The molecule has 0 bridgehead atoms. The summed E-state index contributed by atoms with van der Waals surface area (Å²) in [5.74, 6) is -0.187. The molecule has 0 saturated heterocycles. The first-order valence-electron chi connectivity index (χ1n) is 6.63. The Bertz CT molecular complexity index is 694. The molecule has 1 heterocycles. The molecule has 1 aromatic heterocycles. The first-order valence-corrected chi connectivity index (χ1v) is 7.80. The summed E-state index contributed by atoms with van der Waals surface area (Å²) in [7, 11) is 0. The summed E-state index contributed by atoms with van der Waals surface area (Å²) in [5.41, 5.74) is 3.05. The van der Waals surface area contributed by atoms with E-state index in [1.54, 1.807) is 18.2 Å². The van der Waals surface area contributed by atoms with Crippen LogP contribution in [0.4, 0.5) is 5.69 Å². The van der Waals surface area contributed by atoms with Crippen LogP contribution in [0, 0.1) is 13.8 Å². The number of nitrogens with zero attached hydrogens (tertiary/aromatic N) is 2. The third-order valence-electron chi connectivity index (χ3n) is 3.23. The Morgan fingerprint density at radius 3 is 2.57 bits per heavy atom. The zero-order valence-electron chi connectivity index (χ0n) is 12.4. The van der Waals surface area contributed by atoms with Crippen molar-refractivity contribution in [1.29, 1.82) is 0 Å². The Kier molecular flexibility index (Phi) is 4.74. The molecule has 0 aliphatic rings. The third-order valence-corrected chi connectivity index (χ3v) is 4.12. The summed E-state index contributed by atoms with van der Waals surface area (Å²) in [5, 5.41) is 7.98. The second-order valence-corrected chi connectivity index (χ2v) is 6.45. The third kappa shape index (κ3) is 3.30. The molecule has 21 heavy (non-hydrogen) atoms. The molecule has 1 N–H and O–H groups in total. The van der Waals surface area contributed by atoms with Crippen molar-refractivity contribution in [1.82, 2.24) is 9.78 Å². The molecule has 0 atom stereocenters. The lowest BCUT2D eigenvalue weighted by Gasteiger charge is -2.10. The van der Waals surface area contributed by atoms with Crippen molar-refractivity contribution in [2.45, 2.75) is 33.7 Å². The standard InChI is InChI=1S/C15H17BrClN3O/c1-8(2)20-10(4)14(9(3)19-20)18-15(21)12-6-5-11(17)7-13(12)16/h5-8H,1-4H3,(H,18,21). The van der Waals surface area contributed by atoms with Gasteiger partial charge in [-0.05, 0) is 61.8 Å². The first kappa shape index (κ1) is 16.0. The van der Waals surface area contributed by atoms with E-state index in [-0.39, 0.29) is 11.9 Å². The van der Waals surface area contributed by atoms with Gasteiger partial charge in [0.1, 0.15) is 0 Å². The highest BCUT2D eigenvalue weighted by atomic mass is 79.9. The van der Waals surface area contributed by atoms with E-state index in [1.807, 2.05) is 18.5 Å². The Morgan fingerprint density at radius 2 is 2.05 bits per heavy atom. The van der Waals surface area contributed by atoms with Gasteiger partial charge < -0.3 is 5.32 Å². The van der Waals surface area contributed by atoms with Crippen molar-refractivity contribution < 1.29 is 4.79 Å². The molecule has 1 amide bonds. The molecule has 0 aliphatic heterocycles. The summed E-state index contributed by atoms with van der Waals surface area (Å²) < 4.78 is 2.57. The number of aryl methyl sites for hydroxylation is 1. The van der Waals surface area contributed by atoms with Gasteiger partial charge in [-0.3, -0.25) is 9.48 Å². The maximum absolute atomic E-state index is 12.4. The molecule has 1 aromatic carbocycles. The van der Waals surface area contributed by atoms with Crippen LogP contribution in [0.1, 0.15) is 41.6 Å². The number of anilines is 1. The van der Waals surface area contributed by atoms with Gasteiger partial charge >= 0.3 is 0 Å². The highest BCUT2D eigenvalue weighted by molar-refractivity contribution is 9.10. The lowest BCUT2D eigenvalue weighted by molar-refractivity contribution is 0.102. The van der Waals surface area contributed by atoms with Gasteiger partial charge in [0.2, 0.25) is 0 Å². The second kappa shape index (κ2) is 6.20. The molecule has 2 rings (SSSR count). The fourth-order valence-electron chi connectivity index (χ4n) is 2.20. The summed E-state index contributed by atoms with van der Waals surface area (Å²) in [6.45, 7) is 7.95. The van der Waals surface area contributed by atoms with Crippen molar-refractivity contribution in [2.24, 2.45) is 0 Å². The lowest BCUT2D eigenvalue weighted by Crippen LogP contribution is -2.14. The smallest absolute Gasteiger partial charge is 0.256 e. The van der Waals surface area contributed by atoms with Crippen LogP contribution < -0.4 is 5.32 Å². The van der Waals surface area contributed by atoms with E-state index in [0.29, 0.717) is 15.1 Å². The van der Waals surface area contributed by atoms with Crippen LogP contribution in [0.2, 0.25) is 5.02 Å². The van der Waals surface area contributed by atoms with Crippen LogP contribution in [-0.4, -0.2) is 15.7 Å². The summed E-state index contributed by atoms with van der Waals surface area (Å²) >= 11 is 9.26. The predicted octanol–water partition coefficient (Wildman–Crippen LogP) is 4.75. The average molecular weight is 371 g/mol. The second-order valence-electron chi connectivity index (χ2n) is 5.16. The fourth-order valence-corrected chi connectivity index (χ4v) is 3.06. The van der Waals surface area contributed by atoms with Gasteiger partial charge in [0.15, 0.2) is 0 Å². The van der Waals surface area contributed by atoms with Crippen molar-refractivity contribution in [2.75, 3.05) is 5.32 Å².